The molecule has 0 saturated carbocycles. The van der Waals surface area contributed by atoms with Gasteiger partial charge >= 0.3 is 6.09 Å². The molecule has 5 aromatic rings. The van der Waals surface area contributed by atoms with Crippen LogP contribution in [0.3, 0.4) is 0 Å². The standard InChI is InChI=1S/C31H31N7O3/c1-19(39)35-22-11-9-21(10-12-22)25-15-16-26-29(36-25)38(28(37-26)24-6-5-17-33-27(24)32)23-13-7-20(8-14-23)18-34-30(40)41-31(2,3)4/h5-17H,18H2,1-4H3,(H2,32,33)(H,34,40)(H,35,39). The molecule has 0 atom stereocenters. The minimum Gasteiger partial charge on any atom is -0.444 e. The molecule has 0 aliphatic carbocycles. The molecule has 5 rings (SSSR count). The molecule has 0 bridgehead atoms. The summed E-state index contributed by atoms with van der Waals surface area (Å²) in [5, 5.41) is 5.56. The zero-order valence-electron chi connectivity index (χ0n) is 23.3. The first-order valence-corrected chi connectivity index (χ1v) is 13.1. The summed E-state index contributed by atoms with van der Waals surface area (Å²) in [5.41, 5.74) is 11.8. The minimum absolute atomic E-state index is 0.130. The van der Waals surface area contributed by atoms with E-state index in [9.17, 15) is 9.59 Å². The Morgan fingerprint density at radius 1 is 0.951 bits per heavy atom. The number of carbonyl (C=O) groups excluding carboxylic acids is 2. The fourth-order valence-corrected chi connectivity index (χ4v) is 4.33. The monoisotopic (exact) mass is 549 g/mol. The molecular weight excluding hydrogens is 518 g/mol. The van der Waals surface area contributed by atoms with Crippen LogP contribution in [0.4, 0.5) is 16.3 Å². The number of fused-ring (bicyclic) bond motifs is 1. The molecule has 0 aliphatic heterocycles. The second kappa shape index (κ2) is 11.1. The average molecular weight is 550 g/mol. The van der Waals surface area contributed by atoms with Crippen LogP contribution in [0.15, 0.2) is 79.0 Å². The van der Waals surface area contributed by atoms with E-state index in [2.05, 4.69) is 15.6 Å². The topological polar surface area (TPSA) is 137 Å². The Labute approximate surface area is 237 Å². The van der Waals surface area contributed by atoms with E-state index in [4.69, 9.17) is 20.4 Å². The fraction of sp³-hybridized carbons (Fsp3) is 0.194. The Kier molecular flexibility index (Phi) is 7.39. The van der Waals surface area contributed by atoms with Crippen molar-refractivity contribution in [2.75, 3.05) is 11.1 Å². The second-order valence-corrected chi connectivity index (χ2v) is 10.5. The number of rotatable bonds is 6. The number of nitrogens with one attached hydrogen (secondary N) is 2. The molecule has 3 aromatic heterocycles. The number of anilines is 2. The van der Waals surface area contributed by atoms with Crippen molar-refractivity contribution < 1.29 is 14.3 Å². The lowest BCUT2D eigenvalue weighted by Gasteiger charge is -2.19. The molecule has 0 unspecified atom stereocenters. The summed E-state index contributed by atoms with van der Waals surface area (Å²) in [6, 6.07) is 22.8. The predicted molar refractivity (Wildman–Crippen MR) is 159 cm³/mol. The zero-order valence-corrected chi connectivity index (χ0v) is 23.3. The predicted octanol–water partition coefficient (Wildman–Crippen LogP) is 5.71. The summed E-state index contributed by atoms with van der Waals surface area (Å²) >= 11 is 0. The van der Waals surface area contributed by atoms with Crippen LogP contribution in [0.5, 0.6) is 0 Å². The first kappa shape index (κ1) is 27.3. The molecule has 0 saturated heterocycles. The van der Waals surface area contributed by atoms with Gasteiger partial charge in [0.2, 0.25) is 5.91 Å². The van der Waals surface area contributed by atoms with Gasteiger partial charge in [0, 0.05) is 36.6 Å². The van der Waals surface area contributed by atoms with Crippen molar-refractivity contribution in [3.8, 4) is 28.3 Å². The first-order chi connectivity index (χ1) is 19.6. The molecule has 208 valence electrons. The average Bonchev–Trinajstić information content (AvgIpc) is 3.30. The Morgan fingerprint density at radius 3 is 2.34 bits per heavy atom. The third-order valence-electron chi connectivity index (χ3n) is 6.12. The SMILES string of the molecule is CC(=O)Nc1ccc(-c2ccc3nc(-c4cccnc4N)n(-c4ccc(CNC(=O)OC(C)(C)C)cc4)c3n2)cc1. The van der Waals surface area contributed by atoms with Crippen molar-refractivity contribution >= 4 is 34.7 Å². The van der Waals surface area contributed by atoms with Crippen LogP contribution in [-0.4, -0.2) is 37.1 Å². The van der Waals surface area contributed by atoms with E-state index < -0.39 is 11.7 Å². The lowest BCUT2D eigenvalue weighted by Crippen LogP contribution is -2.32. The summed E-state index contributed by atoms with van der Waals surface area (Å²) in [4.78, 5) is 37.6. The largest absolute Gasteiger partial charge is 0.444 e. The molecule has 0 radical (unpaired) electrons. The summed E-state index contributed by atoms with van der Waals surface area (Å²) < 4.78 is 7.28. The van der Waals surface area contributed by atoms with Gasteiger partial charge in [-0.05, 0) is 74.9 Å². The number of ether oxygens (including phenoxy) is 1. The number of hydrogen-bond acceptors (Lipinski definition) is 7. The lowest BCUT2D eigenvalue weighted by atomic mass is 10.1. The van der Waals surface area contributed by atoms with Crippen molar-refractivity contribution in [2.24, 2.45) is 0 Å². The molecule has 2 amide bonds. The van der Waals surface area contributed by atoms with Crippen molar-refractivity contribution in [1.29, 1.82) is 0 Å². The maximum absolute atomic E-state index is 12.1. The number of nitrogens with two attached hydrogens (primary N) is 1. The molecular formula is C31H31N7O3. The van der Waals surface area contributed by atoms with E-state index in [1.165, 1.54) is 6.92 Å². The fourth-order valence-electron chi connectivity index (χ4n) is 4.33. The Balaban J connectivity index is 1.53. The number of benzene rings is 2. The number of aromatic nitrogens is 4. The Morgan fingerprint density at radius 2 is 1.68 bits per heavy atom. The molecule has 4 N–H and O–H groups in total. The van der Waals surface area contributed by atoms with Gasteiger partial charge in [-0.1, -0.05) is 24.3 Å². The van der Waals surface area contributed by atoms with Gasteiger partial charge in [-0.15, -0.1) is 0 Å². The maximum Gasteiger partial charge on any atom is 0.407 e. The molecule has 0 spiro atoms. The van der Waals surface area contributed by atoms with Crippen LogP contribution < -0.4 is 16.4 Å². The van der Waals surface area contributed by atoms with E-state index in [1.54, 1.807) is 6.20 Å². The smallest absolute Gasteiger partial charge is 0.407 e. The van der Waals surface area contributed by atoms with Crippen molar-refractivity contribution in [3.05, 3.63) is 84.6 Å². The summed E-state index contributed by atoms with van der Waals surface area (Å²) in [6.45, 7) is 7.26. The third-order valence-corrected chi connectivity index (χ3v) is 6.12. The van der Waals surface area contributed by atoms with Crippen molar-refractivity contribution in [3.63, 3.8) is 0 Å². The molecule has 0 aliphatic rings. The highest BCUT2D eigenvalue weighted by atomic mass is 16.6. The minimum atomic E-state index is -0.569. The zero-order chi connectivity index (χ0) is 29.1. The van der Waals surface area contributed by atoms with Gasteiger partial charge in [-0.2, -0.15) is 0 Å². The van der Waals surface area contributed by atoms with Crippen LogP contribution in [0.1, 0.15) is 33.3 Å². The van der Waals surface area contributed by atoms with Crippen LogP contribution in [0, 0.1) is 0 Å². The summed E-state index contributed by atoms with van der Waals surface area (Å²) in [6.07, 6.45) is 1.16. The van der Waals surface area contributed by atoms with E-state index in [1.807, 2.05) is 98.1 Å². The van der Waals surface area contributed by atoms with Gasteiger partial charge < -0.3 is 21.1 Å². The molecule has 0 fully saturated rings. The number of carbonyl (C=O) groups is 2. The van der Waals surface area contributed by atoms with Gasteiger partial charge in [0.15, 0.2) is 11.5 Å². The molecule has 3 heterocycles. The maximum atomic E-state index is 12.1. The molecule has 10 nitrogen and oxygen atoms in total. The van der Waals surface area contributed by atoms with Gasteiger partial charge in [-0.3, -0.25) is 9.36 Å². The highest BCUT2D eigenvalue weighted by molar-refractivity contribution is 5.89. The van der Waals surface area contributed by atoms with Gasteiger partial charge in [0.1, 0.15) is 16.9 Å². The van der Waals surface area contributed by atoms with E-state index >= 15 is 0 Å². The van der Waals surface area contributed by atoms with Gasteiger partial charge in [-0.25, -0.2) is 19.7 Å². The summed E-state index contributed by atoms with van der Waals surface area (Å²) in [7, 11) is 0. The normalized spacial score (nSPS) is 11.3. The number of pyridine rings is 2. The number of nitrogens with zero attached hydrogens (tertiary/aromatic N) is 4. The van der Waals surface area contributed by atoms with Crippen molar-refractivity contribution in [1.82, 2.24) is 24.8 Å². The number of hydrogen-bond donors (Lipinski definition) is 3. The third kappa shape index (κ3) is 6.33. The van der Waals surface area contributed by atoms with Gasteiger partial charge in [0.25, 0.3) is 0 Å². The molecule has 2 aromatic carbocycles. The highest BCUT2D eigenvalue weighted by Gasteiger charge is 2.19. The van der Waals surface area contributed by atoms with Crippen LogP contribution in [0.25, 0.3) is 39.5 Å². The highest BCUT2D eigenvalue weighted by Crippen LogP contribution is 2.32. The van der Waals surface area contributed by atoms with Gasteiger partial charge in [0.05, 0.1) is 11.3 Å². The lowest BCUT2D eigenvalue weighted by molar-refractivity contribution is -0.114. The van der Waals surface area contributed by atoms with Crippen LogP contribution in [0.2, 0.25) is 0 Å². The first-order valence-electron chi connectivity index (χ1n) is 13.1. The Bertz CT molecular complexity index is 1720. The Hall–Kier alpha value is -5.25. The number of imidazole rings is 1. The van der Waals surface area contributed by atoms with E-state index in [0.29, 0.717) is 40.6 Å². The molecule has 10 heteroatoms. The number of alkyl carbamates (subject to hydrolysis) is 1. The quantitative estimate of drug-likeness (QED) is 0.246. The van der Waals surface area contributed by atoms with E-state index in [0.717, 1.165) is 22.5 Å². The second-order valence-electron chi connectivity index (χ2n) is 10.5. The number of nitrogen functional groups attached to an aromatic ring is 1. The number of amides is 2. The molecule has 41 heavy (non-hydrogen) atoms. The van der Waals surface area contributed by atoms with Crippen molar-refractivity contribution in [2.45, 2.75) is 39.8 Å². The van der Waals surface area contributed by atoms with E-state index in [-0.39, 0.29) is 5.91 Å². The van der Waals surface area contributed by atoms with Crippen LogP contribution in [-0.2, 0) is 16.1 Å². The summed E-state index contributed by atoms with van der Waals surface area (Å²) in [5.74, 6) is 0.835. The van der Waals surface area contributed by atoms with Crippen LogP contribution >= 0.6 is 0 Å².